The third-order valence-corrected chi connectivity index (χ3v) is 9.16. The van der Waals surface area contributed by atoms with Gasteiger partial charge in [0.05, 0.1) is 11.7 Å². The number of rotatable bonds is 7. The predicted molar refractivity (Wildman–Crippen MR) is 151 cm³/mol. The fraction of sp³-hybridized carbons (Fsp3) is 0.469. The number of piperidine rings is 1. The van der Waals surface area contributed by atoms with Gasteiger partial charge in [0.1, 0.15) is 5.82 Å². The van der Waals surface area contributed by atoms with Crippen LogP contribution in [0.1, 0.15) is 57.1 Å². The molecule has 5 rings (SSSR count). The second-order valence-corrected chi connectivity index (χ2v) is 11.6. The fourth-order valence-electron chi connectivity index (χ4n) is 6.69. The van der Waals surface area contributed by atoms with Gasteiger partial charge in [-0.25, -0.2) is 4.39 Å². The molecule has 3 aliphatic rings. The van der Waals surface area contributed by atoms with Crippen molar-refractivity contribution in [2.45, 2.75) is 51.5 Å². The Balaban J connectivity index is 1.37. The highest BCUT2D eigenvalue weighted by atomic mass is 19.1. The maximum atomic E-state index is 13.4. The van der Waals surface area contributed by atoms with E-state index in [1.54, 1.807) is 12.1 Å². The molecule has 0 spiro atoms. The Hall–Kier alpha value is -3.12. The molecule has 2 aliphatic carbocycles. The van der Waals surface area contributed by atoms with E-state index in [2.05, 4.69) is 54.5 Å². The molecule has 1 saturated carbocycles. The molecule has 1 heterocycles. The van der Waals surface area contributed by atoms with Crippen molar-refractivity contribution in [1.82, 2.24) is 10.2 Å². The maximum Gasteiger partial charge on any atom is 0.223 e. The van der Waals surface area contributed by atoms with Crippen LogP contribution in [-0.4, -0.2) is 42.9 Å². The predicted octanol–water partition coefficient (Wildman–Crippen LogP) is 6.50. The van der Waals surface area contributed by atoms with Gasteiger partial charge in [0.15, 0.2) is 0 Å². The average Bonchev–Trinajstić information content (AvgIpc) is 3.24. The molecule has 4 atom stereocenters. The molecule has 2 fully saturated rings. The Bertz CT molecular complexity index is 1200. The van der Waals surface area contributed by atoms with Gasteiger partial charge >= 0.3 is 0 Å². The van der Waals surface area contributed by atoms with Crippen LogP contribution in [0.25, 0.3) is 0 Å². The highest BCUT2D eigenvalue weighted by molar-refractivity contribution is 6.08. The van der Waals surface area contributed by atoms with E-state index in [9.17, 15) is 9.18 Å². The lowest BCUT2D eigenvalue weighted by molar-refractivity contribution is -0.127. The largest absolute Gasteiger partial charge is 0.349 e. The SMILES string of the molecule is CN1CCC(C(=O)NC(CC2CCC3=CC(=Nc4ccc(F)cc4)C(C=N)CC32C)c2ccccc2)CC1. The van der Waals surface area contributed by atoms with Crippen LogP contribution in [0.5, 0.6) is 0 Å². The molecule has 1 amide bonds. The van der Waals surface area contributed by atoms with Crippen molar-refractivity contribution in [3.63, 3.8) is 0 Å². The van der Waals surface area contributed by atoms with Gasteiger partial charge in [-0.3, -0.25) is 9.79 Å². The molecule has 38 heavy (non-hydrogen) atoms. The van der Waals surface area contributed by atoms with Gasteiger partial charge in [-0.15, -0.1) is 0 Å². The zero-order valence-electron chi connectivity index (χ0n) is 22.5. The molecule has 1 aliphatic heterocycles. The monoisotopic (exact) mass is 514 g/mol. The number of aliphatic imine (C=N–C) groups is 1. The third-order valence-electron chi connectivity index (χ3n) is 9.16. The second-order valence-electron chi connectivity index (χ2n) is 11.6. The van der Waals surface area contributed by atoms with Crippen molar-refractivity contribution in [3.05, 3.63) is 77.6 Å². The summed E-state index contributed by atoms with van der Waals surface area (Å²) in [5.41, 5.74) is 4.09. The maximum absolute atomic E-state index is 13.4. The van der Waals surface area contributed by atoms with Crippen LogP contribution >= 0.6 is 0 Å². The number of allylic oxidation sites excluding steroid dienone is 2. The van der Waals surface area contributed by atoms with Crippen molar-refractivity contribution in [2.75, 3.05) is 20.1 Å². The molecule has 6 heteroatoms. The van der Waals surface area contributed by atoms with E-state index in [-0.39, 0.29) is 35.0 Å². The Labute approximate surface area is 225 Å². The Kier molecular flexibility index (Phi) is 7.89. The molecular weight excluding hydrogens is 475 g/mol. The Morgan fingerprint density at radius 2 is 1.87 bits per heavy atom. The molecule has 200 valence electrons. The third kappa shape index (κ3) is 5.65. The zero-order chi connectivity index (χ0) is 26.7. The number of amides is 1. The van der Waals surface area contributed by atoms with E-state index in [4.69, 9.17) is 10.4 Å². The zero-order valence-corrected chi connectivity index (χ0v) is 22.5. The minimum atomic E-state index is -0.276. The van der Waals surface area contributed by atoms with Gasteiger partial charge in [-0.05, 0) is 106 Å². The number of fused-ring (bicyclic) bond motifs is 1. The Morgan fingerprint density at radius 3 is 2.55 bits per heavy atom. The number of carbonyl (C=O) groups is 1. The van der Waals surface area contributed by atoms with Crippen molar-refractivity contribution in [2.24, 2.45) is 28.2 Å². The van der Waals surface area contributed by atoms with Crippen molar-refractivity contribution >= 4 is 23.5 Å². The van der Waals surface area contributed by atoms with E-state index in [1.807, 2.05) is 6.07 Å². The summed E-state index contributed by atoms with van der Waals surface area (Å²) in [7, 11) is 2.12. The highest BCUT2D eigenvalue weighted by Crippen LogP contribution is 2.56. The summed E-state index contributed by atoms with van der Waals surface area (Å²) in [6.45, 7) is 4.27. The fourth-order valence-corrected chi connectivity index (χ4v) is 6.69. The average molecular weight is 515 g/mol. The summed E-state index contributed by atoms with van der Waals surface area (Å²) >= 11 is 0. The molecule has 2 N–H and O–H groups in total. The molecule has 2 aromatic rings. The standard InChI is InChI=1S/C32H39FN4O/c1-32-20-24(21-34)30(35-28-12-10-27(33)11-13-28)19-26(32)9-8-25(32)18-29(22-6-4-3-5-7-22)36-31(38)23-14-16-37(2)17-15-23/h3-7,10-13,19,21,23-25,29,34H,8-9,14-18,20H2,1-2H3,(H,36,38). The number of nitrogens with one attached hydrogen (secondary N) is 2. The van der Waals surface area contributed by atoms with Gasteiger partial charge < -0.3 is 15.6 Å². The summed E-state index contributed by atoms with van der Waals surface area (Å²) in [6, 6.07) is 16.6. The summed E-state index contributed by atoms with van der Waals surface area (Å²) in [6.07, 6.45) is 9.29. The number of hydrogen-bond acceptors (Lipinski definition) is 4. The lowest BCUT2D eigenvalue weighted by Crippen LogP contribution is -2.41. The van der Waals surface area contributed by atoms with Crippen LogP contribution in [0.3, 0.4) is 0 Å². The van der Waals surface area contributed by atoms with E-state index < -0.39 is 0 Å². The first-order valence-electron chi connectivity index (χ1n) is 14.0. The smallest absolute Gasteiger partial charge is 0.223 e. The molecule has 0 radical (unpaired) electrons. The number of nitrogens with zero attached hydrogens (tertiary/aromatic N) is 2. The molecule has 1 saturated heterocycles. The van der Waals surface area contributed by atoms with Crippen LogP contribution in [-0.2, 0) is 4.79 Å². The molecule has 0 aromatic heterocycles. The van der Waals surface area contributed by atoms with Crippen LogP contribution in [0, 0.1) is 34.4 Å². The van der Waals surface area contributed by atoms with Crippen molar-refractivity contribution < 1.29 is 9.18 Å². The topological polar surface area (TPSA) is 68.6 Å². The van der Waals surface area contributed by atoms with Gasteiger partial charge in [-0.2, -0.15) is 0 Å². The number of benzene rings is 2. The minimum Gasteiger partial charge on any atom is -0.349 e. The van der Waals surface area contributed by atoms with Gasteiger partial charge in [0.2, 0.25) is 5.91 Å². The molecular formula is C32H39FN4O. The molecule has 2 aromatic carbocycles. The molecule has 4 unspecified atom stereocenters. The van der Waals surface area contributed by atoms with Crippen LogP contribution in [0.15, 0.2) is 71.2 Å². The summed E-state index contributed by atoms with van der Waals surface area (Å²) in [5, 5.41) is 11.6. The van der Waals surface area contributed by atoms with Crippen molar-refractivity contribution in [1.29, 1.82) is 5.41 Å². The van der Waals surface area contributed by atoms with Crippen LogP contribution in [0.2, 0.25) is 0 Å². The number of likely N-dealkylation sites (tertiary alicyclic amines) is 1. The van der Waals surface area contributed by atoms with Crippen LogP contribution < -0.4 is 5.32 Å². The first-order chi connectivity index (χ1) is 18.4. The number of carbonyl (C=O) groups excluding carboxylic acids is 1. The van der Waals surface area contributed by atoms with Gasteiger partial charge in [0.25, 0.3) is 0 Å². The second kappa shape index (κ2) is 11.3. The summed E-state index contributed by atoms with van der Waals surface area (Å²) < 4.78 is 13.4. The summed E-state index contributed by atoms with van der Waals surface area (Å²) in [4.78, 5) is 20.4. The van der Waals surface area contributed by atoms with E-state index in [0.29, 0.717) is 11.6 Å². The minimum absolute atomic E-state index is 0.0303. The first kappa shape index (κ1) is 26.5. The number of hydrogen-bond donors (Lipinski definition) is 2. The Morgan fingerprint density at radius 1 is 1.16 bits per heavy atom. The first-order valence-corrected chi connectivity index (χ1v) is 14.0. The quantitative estimate of drug-likeness (QED) is 0.414. The lowest BCUT2D eigenvalue weighted by atomic mass is 9.65. The lowest BCUT2D eigenvalue weighted by Gasteiger charge is -2.40. The number of halogens is 1. The van der Waals surface area contributed by atoms with E-state index >= 15 is 0 Å². The van der Waals surface area contributed by atoms with Crippen molar-refractivity contribution in [3.8, 4) is 0 Å². The van der Waals surface area contributed by atoms with Crippen LogP contribution in [0.4, 0.5) is 10.1 Å². The van der Waals surface area contributed by atoms with E-state index in [0.717, 1.165) is 62.9 Å². The highest BCUT2D eigenvalue weighted by Gasteiger charge is 2.47. The normalized spacial score (nSPS) is 28.0. The summed E-state index contributed by atoms with van der Waals surface area (Å²) in [5.74, 6) is 0.293. The van der Waals surface area contributed by atoms with Gasteiger partial charge in [-0.1, -0.05) is 42.8 Å². The molecule has 5 nitrogen and oxygen atoms in total. The van der Waals surface area contributed by atoms with E-state index in [1.165, 1.54) is 23.9 Å². The molecule has 0 bridgehead atoms. The van der Waals surface area contributed by atoms with Gasteiger partial charge in [0, 0.05) is 23.8 Å².